The standard InChI is InChI=1S/C14H20BrNO2/c1-17-8-9-18-14(10-16-11-6-7-11)12-4-2-3-5-13(12)15/h2-5,11,14,16H,6-10H2,1H3. The lowest BCUT2D eigenvalue weighted by atomic mass is 10.1. The molecule has 0 saturated heterocycles. The largest absolute Gasteiger partial charge is 0.382 e. The van der Waals surface area contributed by atoms with Crippen LogP contribution in [0.15, 0.2) is 28.7 Å². The summed E-state index contributed by atoms with van der Waals surface area (Å²) in [6.07, 6.45) is 2.66. The molecule has 18 heavy (non-hydrogen) atoms. The zero-order valence-corrected chi connectivity index (χ0v) is 12.3. The minimum Gasteiger partial charge on any atom is -0.382 e. The predicted molar refractivity (Wildman–Crippen MR) is 75.7 cm³/mol. The lowest BCUT2D eigenvalue weighted by molar-refractivity contribution is 0.0161. The summed E-state index contributed by atoms with van der Waals surface area (Å²) in [5, 5.41) is 3.52. The topological polar surface area (TPSA) is 30.5 Å². The van der Waals surface area contributed by atoms with Crippen LogP contribution in [0.1, 0.15) is 24.5 Å². The molecule has 4 heteroatoms. The summed E-state index contributed by atoms with van der Waals surface area (Å²) in [4.78, 5) is 0. The minimum absolute atomic E-state index is 0.0799. The Balaban J connectivity index is 1.95. The Morgan fingerprint density at radius 3 is 2.78 bits per heavy atom. The van der Waals surface area contributed by atoms with E-state index in [0.29, 0.717) is 19.3 Å². The number of nitrogens with one attached hydrogen (secondary N) is 1. The quantitative estimate of drug-likeness (QED) is 0.749. The van der Waals surface area contributed by atoms with Crippen molar-refractivity contribution in [3.63, 3.8) is 0 Å². The maximum absolute atomic E-state index is 5.91. The molecule has 3 nitrogen and oxygen atoms in total. The van der Waals surface area contributed by atoms with E-state index in [0.717, 1.165) is 11.0 Å². The Kier molecular flexibility index (Phi) is 5.63. The third-order valence-corrected chi connectivity index (χ3v) is 3.75. The summed E-state index contributed by atoms with van der Waals surface area (Å²) < 4.78 is 12.1. The smallest absolute Gasteiger partial charge is 0.0961 e. The molecule has 1 atom stereocenters. The molecule has 1 aliphatic rings. The third-order valence-electron chi connectivity index (χ3n) is 3.03. The van der Waals surface area contributed by atoms with E-state index in [1.165, 1.54) is 18.4 Å². The lowest BCUT2D eigenvalue weighted by Gasteiger charge is -2.20. The van der Waals surface area contributed by atoms with Crippen molar-refractivity contribution in [2.24, 2.45) is 0 Å². The predicted octanol–water partition coefficient (Wildman–Crippen LogP) is 2.91. The second-order valence-corrected chi connectivity index (χ2v) is 5.41. The van der Waals surface area contributed by atoms with Crippen LogP contribution in [0.25, 0.3) is 0 Å². The molecule has 1 aliphatic carbocycles. The minimum atomic E-state index is 0.0799. The summed E-state index contributed by atoms with van der Waals surface area (Å²) in [6, 6.07) is 8.92. The van der Waals surface area contributed by atoms with Crippen LogP contribution < -0.4 is 5.32 Å². The Hall–Kier alpha value is -0.420. The van der Waals surface area contributed by atoms with E-state index in [1.807, 2.05) is 12.1 Å². The molecule has 0 amide bonds. The van der Waals surface area contributed by atoms with Gasteiger partial charge in [-0.15, -0.1) is 0 Å². The highest BCUT2D eigenvalue weighted by Crippen LogP contribution is 2.27. The molecule has 0 aliphatic heterocycles. The van der Waals surface area contributed by atoms with E-state index in [-0.39, 0.29) is 6.10 Å². The summed E-state index contributed by atoms with van der Waals surface area (Å²) in [7, 11) is 1.69. The van der Waals surface area contributed by atoms with Crippen LogP contribution >= 0.6 is 15.9 Å². The third kappa shape index (κ3) is 4.35. The van der Waals surface area contributed by atoms with Crippen LogP contribution in [0.4, 0.5) is 0 Å². The average Bonchev–Trinajstić information content (AvgIpc) is 3.19. The highest BCUT2D eigenvalue weighted by Gasteiger charge is 2.23. The van der Waals surface area contributed by atoms with Gasteiger partial charge < -0.3 is 14.8 Å². The molecule has 1 N–H and O–H groups in total. The molecular formula is C14H20BrNO2. The van der Waals surface area contributed by atoms with Crippen molar-refractivity contribution in [1.82, 2.24) is 5.32 Å². The molecule has 0 aromatic heterocycles. The van der Waals surface area contributed by atoms with Gasteiger partial charge in [-0.25, -0.2) is 0 Å². The van der Waals surface area contributed by atoms with Gasteiger partial charge in [0, 0.05) is 24.2 Å². The summed E-state index contributed by atoms with van der Waals surface area (Å²) in [5.41, 5.74) is 1.20. The van der Waals surface area contributed by atoms with Crippen LogP contribution in [0, 0.1) is 0 Å². The van der Waals surface area contributed by atoms with Crippen molar-refractivity contribution >= 4 is 15.9 Å². The Morgan fingerprint density at radius 2 is 2.11 bits per heavy atom. The summed E-state index contributed by atoms with van der Waals surface area (Å²) in [6.45, 7) is 2.11. The second kappa shape index (κ2) is 7.24. The van der Waals surface area contributed by atoms with Gasteiger partial charge in [0.15, 0.2) is 0 Å². The van der Waals surface area contributed by atoms with E-state index in [4.69, 9.17) is 9.47 Å². The summed E-state index contributed by atoms with van der Waals surface area (Å²) >= 11 is 3.59. The fraction of sp³-hybridized carbons (Fsp3) is 0.571. The fourth-order valence-corrected chi connectivity index (χ4v) is 2.37. The first kappa shape index (κ1) is 14.0. The molecule has 1 aromatic carbocycles. The van der Waals surface area contributed by atoms with Crippen molar-refractivity contribution < 1.29 is 9.47 Å². The van der Waals surface area contributed by atoms with Gasteiger partial charge in [-0.3, -0.25) is 0 Å². The number of benzene rings is 1. The first-order chi connectivity index (χ1) is 8.81. The molecular weight excluding hydrogens is 294 g/mol. The van der Waals surface area contributed by atoms with Crippen LogP contribution in [-0.2, 0) is 9.47 Å². The monoisotopic (exact) mass is 313 g/mol. The number of hydrogen-bond donors (Lipinski definition) is 1. The molecule has 1 saturated carbocycles. The van der Waals surface area contributed by atoms with Gasteiger partial charge in [0.25, 0.3) is 0 Å². The SMILES string of the molecule is COCCOC(CNC1CC1)c1ccccc1Br. The van der Waals surface area contributed by atoms with Gasteiger partial charge in [0.05, 0.1) is 19.3 Å². The molecule has 0 heterocycles. The first-order valence-electron chi connectivity index (χ1n) is 6.39. The molecule has 100 valence electrons. The van der Waals surface area contributed by atoms with Crippen molar-refractivity contribution in [2.45, 2.75) is 25.0 Å². The summed E-state index contributed by atoms with van der Waals surface area (Å²) in [5.74, 6) is 0. The van der Waals surface area contributed by atoms with Gasteiger partial charge >= 0.3 is 0 Å². The highest BCUT2D eigenvalue weighted by atomic mass is 79.9. The van der Waals surface area contributed by atoms with E-state index >= 15 is 0 Å². The van der Waals surface area contributed by atoms with E-state index in [2.05, 4.69) is 33.4 Å². The van der Waals surface area contributed by atoms with Crippen LogP contribution in [0.3, 0.4) is 0 Å². The molecule has 0 radical (unpaired) electrons. The number of methoxy groups -OCH3 is 1. The van der Waals surface area contributed by atoms with Crippen molar-refractivity contribution in [3.05, 3.63) is 34.3 Å². The molecule has 1 unspecified atom stereocenters. The fourth-order valence-electron chi connectivity index (χ4n) is 1.83. The van der Waals surface area contributed by atoms with Crippen LogP contribution in [0.2, 0.25) is 0 Å². The second-order valence-electron chi connectivity index (χ2n) is 4.56. The molecule has 1 aromatic rings. The number of hydrogen-bond acceptors (Lipinski definition) is 3. The zero-order chi connectivity index (χ0) is 12.8. The lowest BCUT2D eigenvalue weighted by Crippen LogP contribution is -2.26. The first-order valence-corrected chi connectivity index (χ1v) is 7.19. The van der Waals surface area contributed by atoms with Crippen molar-refractivity contribution in [2.75, 3.05) is 26.9 Å². The van der Waals surface area contributed by atoms with Gasteiger partial charge in [0.1, 0.15) is 0 Å². The maximum Gasteiger partial charge on any atom is 0.0961 e. The van der Waals surface area contributed by atoms with Crippen molar-refractivity contribution in [3.8, 4) is 0 Å². The van der Waals surface area contributed by atoms with Gasteiger partial charge in [0.2, 0.25) is 0 Å². The van der Waals surface area contributed by atoms with Crippen molar-refractivity contribution in [1.29, 1.82) is 0 Å². The number of ether oxygens (including phenoxy) is 2. The molecule has 2 rings (SSSR count). The normalized spacial score (nSPS) is 16.8. The van der Waals surface area contributed by atoms with Gasteiger partial charge in [-0.2, -0.15) is 0 Å². The molecule has 1 fully saturated rings. The van der Waals surface area contributed by atoms with E-state index < -0.39 is 0 Å². The Labute approximate surface area is 117 Å². The number of rotatable bonds is 8. The zero-order valence-electron chi connectivity index (χ0n) is 10.7. The maximum atomic E-state index is 5.91. The Morgan fingerprint density at radius 1 is 1.33 bits per heavy atom. The van der Waals surface area contributed by atoms with Gasteiger partial charge in [-0.1, -0.05) is 34.1 Å². The average molecular weight is 314 g/mol. The van der Waals surface area contributed by atoms with E-state index in [9.17, 15) is 0 Å². The Bertz CT molecular complexity index is 369. The van der Waals surface area contributed by atoms with Crippen LogP contribution in [0.5, 0.6) is 0 Å². The van der Waals surface area contributed by atoms with E-state index in [1.54, 1.807) is 7.11 Å². The van der Waals surface area contributed by atoms with Crippen LogP contribution in [-0.4, -0.2) is 32.9 Å². The molecule has 0 bridgehead atoms. The van der Waals surface area contributed by atoms with Gasteiger partial charge in [-0.05, 0) is 24.5 Å². The number of halogens is 1. The highest BCUT2D eigenvalue weighted by molar-refractivity contribution is 9.10. The molecule has 0 spiro atoms.